The highest BCUT2D eigenvalue weighted by Crippen LogP contribution is 2.22. The van der Waals surface area contributed by atoms with Crippen molar-refractivity contribution in [3.8, 4) is 0 Å². The van der Waals surface area contributed by atoms with Crippen molar-refractivity contribution in [2.45, 2.75) is 44.9 Å². The van der Waals surface area contributed by atoms with Gasteiger partial charge in [-0.25, -0.2) is 13.1 Å². The lowest BCUT2D eigenvalue weighted by Crippen LogP contribution is -2.33. The van der Waals surface area contributed by atoms with Gasteiger partial charge >= 0.3 is 0 Å². The van der Waals surface area contributed by atoms with E-state index in [0.29, 0.717) is 17.4 Å². The average Bonchev–Trinajstić information content (AvgIpc) is 2.38. The molecule has 2 rings (SSSR count). The molecule has 6 heteroatoms. The van der Waals surface area contributed by atoms with E-state index in [1.54, 1.807) is 0 Å². The Hall–Kier alpha value is -0.620. The van der Waals surface area contributed by atoms with Gasteiger partial charge in [-0.3, -0.25) is 0 Å². The Morgan fingerprint density at radius 2 is 1.86 bits per heavy atom. The number of rotatable bonds is 5. The molecule has 0 saturated carbocycles. The first kappa shape index (κ1) is 19.4. The normalized spacial score (nSPS) is 18.8. The molecule has 0 radical (unpaired) electrons. The fourth-order valence-electron chi connectivity index (χ4n) is 3.23. The van der Waals surface area contributed by atoms with Gasteiger partial charge in [-0.15, -0.1) is 12.4 Å². The molecule has 22 heavy (non-hydrogen) atoms. The Morgan fingerprint density at radius 3 is 2.41 bits per heavy atom. The molecule has 2 N–H and O–H groups in total. The highest BCUT2D eigenvalue weighted by molar-refractivity contribution is 7.89. The van der Waals surface area contributed by atoms with Crippen LogP contribution in [0.3, 0.4) is 0 Å². The summed E-state index contributed by atoms with van der Waals surface area (Å²) in [6, 6.07) is 3.85. The molecule has 1 aromatic rings. The van der Waals surface area contributed by atoms with Gasteiger partial charge in [0.1, 0.15) is 0 Å². The third kappa shape index (κ3) is 4.95. The van der Waals surface area contributed by atoms with E-state index in [0.717, 1.165) is 36.2 Å². The van der Waals surface area contributed by atoms with Crippen LogP contribution in [0.5, 0.6) is 0 Å². The van der Waals surface area contributed by atoms with E-state index in [1.165, 1.54) is 12.8 Å². The molecule has 0 aromatic heterocycles. The Morgan fingerprint density at radius 1 is 1.23 bits per heavy atom. The van der Waals surface area contributed by atoms with Crippen LogP contribution in [0.1, 0.15) is 36.0 Å². The summed E-state index contributed by atoms with van der Waals surface area (Å²) < 4.78 is 27.8. The maximum Gasteiger partial charge on any atom is 0.241 e. The fourth-order valence-corrected chi connectivity index (χ4v) is 4.73. The van der Waals surface area contributed by atoms with Crippen molar-refractivity contribution in [3.05, 3.63) is 28.8 Å². The van der Waals surface area contributed by atoms with Crippen molar-refractivity contribution in [1.29, 1.82) is 0 Å². The second kappa shape index (κ2) is 8.29. The van der Waals surface area contributed by atoms with Gasteiger partial charge in [0.25, 0.3) is 0 Å². The van der Waals surface area contributed by atoms with Crippen molar-refractivity contribution in [1.82, 2.24) is 10.0 Å². The number of nitrogens with one attached hydrogen (secondary N) is 2. The summed E-state index contributed by atoms with van der Waals surface area (Å²) in [5, 5.41) is 3.36. The van der Waals surface area contributed by atoms with E-state index in [9.17, 15) is 8.42 Å². The Bertz CT molecular complexity index is 573. The lowest BCUT2D eigenvalue weighted by atomic mass is 9.96. The zero-order chi connectivity index (χ0) is 15.5. The lowest BCUT2D eigenvalue weighted by molar-refractivity contribution is 0.358. The predicted octanol–water partition coefficient (Wildman–Crippen LogP) is 2.70. The molecular weight excluding hydrogens is 320 g/mol. The van der Waals surface area contributed by atoms with Crippen LogP contribution in [0.4, 0.5) is 0 Å². The van der Waals surface area contributed by atoms with Gasteiger partial charge in [-0.2, -0.15) is 0 Å². The van der Waals surface area contributed by atoms with Crippen LogP contribution in [0, 0.1) is 26.7 Å². The first-order valence-corrected chi connectivity index (χ1v) is 9.16. The van der Waals surface area contributed by atoms with Gasteiger partial charge in [0, 0.05) is 6.54 Å². The van der Waals surface area contributed by atoms with E-state index >= 15 is 0 Å². The minimum atomic E-state index is -3.41. The van der Waals surface area contributed by atoms with Gasteiger partial charge in [0.05, 0.1) is 4.90 Å². The SMILES string of the molecule is Cc1cc(C)c(S(=O)(=O)NCCC2CCCNC2)c(C)c1.Cl. The summed E-state index contributed by atoms with van der Waals surface area (Å²) in [6.45, 7) is 8.31. The largest absolute Gasteiger partial charge is 0.316 e. The zero-order valence-electron chi connectivity index (χ0n) is 13.6. The smallest absolute Gasteiger partial charge is 0.241 e. The first-order chi connectivity index (χ1) is 9.90. The second-order valence-corrected chi connectivity index (χ2v) is 7.83. The fraction of sp³-hybridized carbons (Fsp3) is 0.625. The van der Waals surface area contributed by atoms with Crippen molar-refractivity contribution >= 4 is 22.4 Å². The number of benzene rings is 1. The van der Waals surface area contributed by atoms with E-state index in [-0.39, 0.29) is 12.4 Å². The average molecular weight is 347 g/mol. The van der Waals surface area contributed by atoms with Gasteiger partial charge in [0.2, 0.25) is 10.0 Å². The summed E-state index contributed by atoms with van der Waals surface area (Å²) >= 11 is 0. The van der Waals surface area contributed by atoms with E-state index < -0.39 is 10.0 Å². The predicted molar refractivity (Wildman–Crippen MR) is 93.3 cm³/mol. The number of aryl methyl sites for hydroxylation is 3. The zero-order valence-corrected chi connectivity index (χ0v) is 15.2. The summed E-state index contributed by atoms with van der Waals surface area (Å²) in [7, 11) is -3.41. The van der Waals surface area contributed by atoms with Crippen LogP contribution >= 0.6 is 12.4 Å². The summed E-state index contributed by atoms with van der Waals surface area (Å²) in [5.74, 6) is 0.585. The highest BCUT2D eigenvalue weighted by Gasteiger charge is 2.20. The molecule has 1 heterocycles. The maximum absolute atomic E-state index is 12.5. The van der Waals surface area contributed by atoms with Crippen LogP contribution < -0.4 is 10.0 Å². The van der Waals surface area contributed by atoms with E-state index in [2.05, 4.69) is 10.0 Å². The van der Waals surface area contributed by atoms with E-state index in [1.807, 2.05) is 32.9 Å². The lowest BCUT2D eigenvalue weighted by Gasteiger charge is -2.22. The molecule has 0 bridgehead atoms. The van der Waals surface area contributed by atoms with Crippen molar-refractivity contribution in [2.75, 3.05) is 19.6 Å². The molecular formula is C16H27ClN2O2S. The molecule has 1 aliphatic heterocycles. The summed E-state index contributed by atoms with van der Waals surface area (Å²) in [6.07, 6.45) is 3.28. The minimum Gasteiger partial charge on any atom is -0.316 e. The molecule has 1 atom stereocenters. The number of hydrogen-bond acceptors (Lipinski definition) is 3. The van der Waals surface area contributed by atoms with Crippen LogP contribution in [0.25, 0.3) is 0 Å². The molecule has 1 unspecified atom stereocenters. The Balaban J connectivity index is 0.00000242. The van der Waals surface area contributed by atoms with Gasteiger partial charge in [-0.05, 0) is 70.2 Å². The van der Waals surface area contributed by atoms with Crippen LogP contribution in [-0.2, 0) is 10.0 Å². The van der Waals surface area contributed by atoms with Crippen molar-refractivity contribution in [3.63, 3.8) is 0 Å². The molecule has 1 aliphatic rings. The van der Waals surface area contributed by atoms with Crippen LogP contribution in [-0.4, -0.2) is 28.1 Å². The standard InChI is InChI=1S/C16H26N2O2S.ClH/c1-12-9-13(2)16(14(3)10-12)21(19,20)18-8-6-15-5-4-7-17-11-15;/h9-10,15,17-18H,4-8,11H2,1-3H3;1H. The third-order valence-electron chi connectivity index (χ3n) is 4.12. The molecule has 1 fully saturated rings. The van der Waals surface area contributed by atoms with Gasteiger partial charge in [-0.1, -0.05) is 17.7 Å². The molecule has 1 aromatic carbocycles. The maximum atomic E-state index is 12.5. The number of piperidine rings is 1. The van der Waals surface area contributed by atoms with Crippen LogP contribution in [0.15, 0.2) is 17.0 Å². The van der Waals surface area contributed by atoms with Crippen LogP contribution in [0.2, 0.25) is 0 Å². The quantitative estimate of drug-likeness (QED) is 0.861. The van der Waals surface area contributed by atoms with Gasteiger partial charge < -0.3 is 5.32 Å². The molecule has 0 spiro atoms. The Labute approximate surface area is 140 Å². The Kier molecular flexibility index (Phi) is 7.32. The first-order valence-electron chi connectivity index (χ1n) is 7.68. The van der Waals surface area contributed by atoms with Crippen molar-refractivity contribution in [2.24, 2.45) is 5.92 Å². The van der Waals surface area contributed by atoms with Crippen molar-refractivity contribution < 1.29 is 8.42 Å². The minimum absolute atomic E-state index is 0. The number of hydrogen-bond donors (Lipinski definition) is 2. The molecule has 126 valence electrons. The number of sulfonamides is 1. The monoisotopic (exact) mass is 346 g/mol. The van der Waals surface area contributed by atoms with Gasteiger partial charge in [0.15, 0.2) is 0 Å². The topological polar surface area (TPSA) is 58.2 Å². The molecule has 1 saturated heterocycles. The van der Waals surface area contributed by atoms with E-state index in [4.69, 9.17) is 0 Å². The summed E-state index contributed by atoms with van der Waals surface area (Å²) in [5.41, 5.74) is 2.73. The highest BCUT2D eigenvalue weighted by atomic mass is 35.5. The summed E-state index contributed by atoms with van der Waals surface area (Å²) in [4.78, 5) is 0.440. The number of halogens is 1. The second-order valence-electron chi connectivity index (χ2n) is 6.13. The molecule has 4 nitrogen and oxygen atoms in total. The molecule has 0 amide bonds. The third-order valence-corrected chi connectivity index (χ3v) is 5.88. The molecule has 0 aliphatic carbocycles.